The number of urea groups is 1. The van der Waals surface area contributed by atoms with Gasteiger partial charge in [-0.15, -0.1) is 11.3 Å². The molecule has 5 nitrogen and oxygen atoms in total. The van der Waals surface area contributed by atoms with Gasteiger partial charge in [-0.05, 0) is 25.7 Å². The fourth-order valence-corrected chi connectivity index (χ4v) is 2.70. The fourth-order valence-electron chi connectivity index (χ4n) is 1.92. The Bertz CT molecular complexity index is 390. The second kappa shape index (κ2) is 5.67. The van der Waals surface area contributed by atoms with Crippen LogP contribution in [0.4, 0.5) is 4.79 Å². The third kappa shape index (κ3) is 3.43. The smallest absolute Gasteiger partial charge is 0.317 e. The number of nitrogens with zero attached hydrogens (tertiary/aromatic N) is 2. The van der Waals surface area contributed by atoms with E-state index in [-0.39, 0.29) is 12.1 Å². The first-order valence-electron chi connectivity index (χ1n) is 6.17. The predicted octanol–water partition coefficient (Wildman–Crippen LogP) is 1.62. The summed E-state index contributed by atoms with van der Waals surface area (Å²) in [4.78, 5) is 17.8. The summed E-state index contributed by atoms with van der Waals surface area (Å²) in [7, 11) is 1.69. The van der Waals surface area contributed by atoms with Crippen LogP contribution in [0.25, 0.3) is 0 Å². The van der Waals surface area contributed by atoms with E-state index in [1.807, 2.05) is 5.38 Å². The first-order valence-corrected chi connectivity index (χ1v) is 7.05. The van der Waals surface area contributed by atoms with Crippen LogP contribution in [-0.4, -0.2) is 40.7 Å². The Hall–Kier alpha value is -1.14. The minimum absolute atomic E-state index is 0.0222. The summed E-state index contributed by atoms with van der Waals surface area (Å²) in [6.07, 6.45) is 3.54. The highest BCUT2D eigenvalue weighted by Crippen LogP contribution is 2.41. The zero-order valence-electron chi connectivity index (χ0n) is 10.7. The standard InChI is InChI=1S/C12H19N3O2S/c1-8(16)7-15(2)12(17)14-10(9-3-4-9)11-13-5-6-18-11/h5-6,8-10,16H,3-4,7H2,1-2H3,(H,14,17). The highest BCUT2D eigenvalue weighted by Gasteiger charge is 2.35. The lowest BCUT2D eigenvalue weighted by Crippen LogP contribution is -2.42. The van der Waals surface area contributed by atoms with Gasteiger partial charge in [0.1, 0.15) is 5.01 Å². The lowest BCUT2D eigenvalue weighted by molar-refractivity contribution is 0.142. The van der Waals surface area contributed by atoms with Gasteiger partial charge in [0.05, 0.1) is 12.1 Å². The van der Waals surface area contributed by atoms with E-state index in [0.717, 1.165) is 17.8 Å². The quantitative estimate of drug-likeness (QED) is 0.853. The molecular weight excluding hydrogens is 250 g/mol. The number of carbonyl (C=O) groups is 1. The Morgan fingerprint density at radius 1 is 1.72 bits per heavy atom. The van der Waals surface area contributed by atoms with Crippen molar-refractivity contribution in [3.05, 3.63) is 16.6 Å². The van der Waals surface area contributed by atoms with E-state index in [2.05, 4.69) is 10.3 Å². The highest BCUT2D eigenvalue weighted by molar-refractivity contribution is 7.09. The summed E-state index contributed by atoms with van der Waals surface area (Å²) in [5.41, 5.74) is 0. The monoisotopic (exact) mass is 269 g/mol. The topological polar surface area (TPSA) is 65.5 Å². The van der Waals surface area contributed by atoms with E-state index < -0.39 is 6.10 Å². The van der Waals surface area contributed by atoms with Crippen LogP contribution in [0.3, 0.4) is 0 Å². The van der Waals surface area contributed by atoms with Gasteiger partial charge in [-0.3, -0.25) is 0 Å². The molecule has 0 bridgehead atoms. The van der Waals surface area contributed by atoms with E-state index in [0.29, 0.717) is 12.5 Å². The largest absolute Gasteiger partial charge is 0.392 e. The zero-order valence-corrected chi connectivity index (χ0v) is 11.5. The molecule has 1 fully saturated rings. The predicted molar refractivity (Wildman–Crippen MR) is 70.4 cm³/mol. The average Bonchev–Trinajstić information content (AvgIpc) is 2.99. The molecule has 100 valence electrons. The summed E-state index contributed by atoms with van der Waals surface area (Å²) >= 11 is 1.57. The van der Waals surface area contributed by atoms with E-state index in [4.69, 9.17) is 0 Å². The molecule has 1 aliphatic rings. The lowest BCUT2D eigenvalue weighted by atomic mass is 10.2. The molecule has 0 aromatic carbocycles. The number of thiazole rings is 1. The molecule has 1 aromatic rings. The van der Waals surface area contributed by atoms with Gasteiger partial charge >= 0.3 is 6.03 Å². The van der Waals surface area contributed by atoms with Crippen molar-refractivity contribution in [3.63, 3.8) is 0 Å². The Labute approximate surface area is 111 Å². The summed E-state index contributed by atoms with van der Waals surface area (Å²) < 4.78 is 0. The number of likely N-dealkylation sites (N-methyl/N-ethyl adjacent to an activating group) is 1. The molecule has 1 aromatic heterocycles. The summed E-state index contributed by atoms with van der Waals surface area (Å²) in [5.74, 6) is 0.514. The van der Waals surface area contributed by atoms with Gasteiger partial charge in [0, 0.05) is 25.2 Å². The normalized spacial score (nSPS) is 18.2. The maximum Gasteiger partial charge on any atom is 0.317 e. The minimum Gasteiger partial charge on any atom is -0.392 e. The zero-order chi connectivity index (χ0) is 13.1. The van der Waals surface area contributed by atoms with E-state index in [1.165, 1.54) is 4.90 Å². The SMILES string of the molecule is CC(O)CN(C)C(=O)NC(c1nccs1)C1CC1. The molecule has 0 spiro atoms. The minimum atomic E-state index is -0.514. The van der Waals surface area contributed by atoms with Crippen molar-refractivity contribution in [2.75, 3.05) is 13.6 Å². The fraction of sp³-hybridized carbons (Fsp3) is 0.667. The third-order valence-electron chi connectivity index (χ3n) is 2.97. The highest BCUT2D eigenvalue weighted by atomic mass is 32.1. The maximum atomic E-state index is 12.0. The third-order valence-corrected chi connectivity index (χ3v) is 3.83. The average molecular weight is 269 g/mol. The molecular formula is C12H19N3O2S. The molecule has 6 heteroatoms. The van der Waals surface area contributed by atoms with Crippen LogP contribution >= 0.6 is 11.3 Å². The van der Waals surface area contributed by atoms with Gasteiger partial charge in [0.15, 0.2) is 0 Å². The molecule has 1 aliphatic carbocycles. The maximum absolute atomic E-state index is 12.0. The second-order valence-corrected chi connectivity index (χ2v) is 5.79. The Kier molecular flexibility index (Phi) is 4.19. The van der Waals surface area contributed by atoms with Crippen molar-refractivity contribution in [1.82, 2.24) is 15.2 Å². The number of amides is 2. The van der Waals surface area contributed by atoms with Gasteiger partial charge in [-0.25, -0.2) is 9.78 Å². The van der Waals surface area contributed by atoms with Gasteiger partial charge < -0.3 is 15.3 Å². The van der Waals surface area contributed by atoms with Gasteiger partial charge in [0.25, 0.3) is 0 Å². The Morgan fingerprint density at radius 2 is 2.44 bits per heavy atom. The summed E-state index contributed by atoms with van der Waals surface area (Å²) in [6, 6.07) is -0.128. The van der Waals surface area contributed by atoms with Gasteiger partial charge in [0.2, 0.25) is 0 Å². The van der Waals surface area contributed by atoms with Crippen molar-refractivity contribution < 1.29 is 9.90 Å². The van der Waals surface area contributed by atoms with Crippen LogP contribution in [0.15, 0.2) is 11.6 Å². The molecule has 0 saturated heterocycles. The molecule has 2 atom stereocenters. The van der Waals surface area contributed by atoms with Crippen molar-refractivity contribution in [2.45, 2.75) is 31.9 Å². The van der Waals surface area contributed by atoms with Crippen molar-refractivity contribution in [3.8, 4) is 0 Å². The first-order chi connectivity index (χ1) is 8.58. The van der Waals surface area contributed by atoms with Gasteiger partial charge in [-0.1, -0.05) is 0 Å². The van der Waals surface area contributed by atoms with Crippen molar-refractivity contribution in [2.24, 2.45) is 5.92 Å². The first kappa shape index (κ1) is 13.3. The second-order valence-electron chi connectivity index (χ2n) is 4.86. The van der Waals surface area contributed by atoms with Crippen LogP contribution in [0, 0.1) is 5.92 Å². The van der Waals surface area contributed by atoms with Crippen molar-refractivity contribution >= 4 is 17.4 Å². The molecule has 1 heterocycles. The number of aliphatic hydroxyl groups is 1. The molecule has 2 rings (SSSR count). The molecule has 0 radical (unpaired) electrons. The number of carbonyl (C=O) groups excluding carboxylic acids is 1. The molecule has 2 amide bonds. The Balaban J connectivity index is 1.95. The summed E-state index contributed by atoms with van der Waals surface area (Å²) in [6.45, 7) is 2.00. The number of rotatable bonds is 5. The number of aliphatic hydroxyl groups excluding tert-OH is 1. The van der Waals surface area contributed by atoms with Crippen LogP contribution in [0.1, 0.15) is 30.8 Å². The lowest BCUT2D eigenvalue weighted by Gasteiger charge is -2.23. The van der Waals surface area contributed by atoms with E-state index in [9.17, 15) is 9.90 Å². The van der Waals surface area contributed by atoms with Crippen LogP contribution < -0.4 is 5.32 Å². The molecule has 0 aliphatic heterocycles. The number of hydrogen-bond donors (Lipinski definition) is 2. The Morgan fingerprint density at radius 3 is 2.94 bits per heavy atom. The molecule has 18 heavy (non-hydrogen) atoms. The molecule has 2 unspecified atom stereocenters. The van der Waals surface area contributed by atoms with E-state index >= 15 is 0 Å². The molecule has 2 N–H and O–H groups in total. The van der Waals surface area contributed by atoms with Crippen LogP contribution in [0.2, 0.25) is 0 Å². The van der Waals surface area contributed by atoms with Crippen molar-refractivity contribution in [1.29, 1.82) is 0 Å². The summed E-state index contributed by atoms with van der Waals surface area (Å²) in [5, 5.41) is 15.2. The molecule has 1 saturated carbocycles. The van der Waals surface area contributed by atoms with Gasteiger partial charge in [-0.2, -0.15) is 0 Å². The number of nitrogens with one attached hydrogen (secondary N) is 1. The van der Waals surface area contributed by atoms with Crippen LogP contribution in [0.5, 0.6) is 0 Å². The van der Waals surface area contributed by atoms with E-state index in [1.54, 1.807) is 31.5 Å². The van der Waals surface area contributed by atoms with Crippen LogP contribution in [-0.2, 0) is 0 Å². The number of aromatic nitrogens is 1. The number of hydrogen-bond acceptors (Lipinski definition) is 4.